The molecule has 0 spiro atoms. The SMILES string of the molecule is CCNc1cc(C(=O)Nc2c(F)cccc2F)cc(Cl)n1. The normalized spacial score (nSPS) is 10.3. The molecule has 7 heteroatoms. The number of carbonyl (C=O) groups is 1. The zero-order valence-electron chi connectivity index (χ0n) is 11.1. The number of para-hydroxylation sites is 1. The molecule has 110 valence electrons. The molecule has 0 aliphatic carbocycles. The minimum atomic E-state index is -0.851. The summed E-state index contributed by atoms with van der Waals surface area (Å²) >= 11 is 5.82. The summed E-state index contributed by atoms with van der Waals surface area (Å²) in [5, 5.41) is 5.20. The van der Waals surface area contributed by atoms with Crippen LogP contribution in [0.2, 0.25) is 5.15 Å². The predicted octanol–water partition coefficient (Wildman–Crippen LogP) is 3.70. The zero-order valence-corrected chi connectivity index (χ0v) is 11.8. The van der Waals surface area contributed by atoms with E-state index in [1.54, 1.807) is 0 Å². The highest BCUT2D eigenvalue weighted by Gasteiger charge is 2.14. The van der Waals surface area contributed by atoms with Crippen LogP contribution in [-0.4, -0.2) is 17.4 Å². The predicted molar refractivity (Wildman–Crippen MR) is 77.7 cm³/mol. The molecule has 21 heavy (non-hydrogen) atoms. The Hall–Kier alpha value is -2.21. The zero-order chi connectivity index (χ0) is 15.4. The topological polar surface area (TPSA) is 54.0 Å². The highest BCUT2D eigenvalue weighted by molar-refractivity contribution is 6.30. The molecular weight excluding hydrogens is 300 g/mol. The van der Waals surface area contributed by atoms with Gasteiger partial charge in [0.25, 0.3) is 5.91 Å². The average Bonchev–Trinajstić information content (AvgIpc) is 2.42. The quantitative estimate of drug-likeness (QED) is 0.847. The van der Waals surface area contributed by atoms with E-state index in [0.29, 0.717) is 12.4 Å². The van der Waals surface area contributed by atoms with Crippen LogP contribution in [-0.2, 0) is 0 Å². The first kappa shape index (κ1) is 15.2. The first-order chi connectivity index (χ1) is 10.0. The molecule has 0 aliphatic rings. The van der Waals surface area contributed by atoms with Crippen LogP contribution in [0.25, 0.3) is 0 Å². The van der Waals surface area contributed by atoms with E-state index in [4.69, 9.17) is 11.6 Å². The van der Waals surface area contributed by atoms with E-state index in [1.165, 1.54) is 18.2 Å². The highest BCUT2D eigenvalue weighted by atomic mass is 35.5. The lowest BCUT2D eigenvalue weighted by atomic mass is 10.2. The largest absolute Gasteiger partial charge is 0.370 e. The molecule has 0 unspecified atom stereocenters. The van der Waals surface area contributed by atoms with Crippen molar-refractivity contribution in [2.24, 2.45) is 0 Å². The number of amides is 1. The van der Waals surface area contributed by atoms with Crippen LogP contribution in [0.1, 0.15) is 17.3 Å². The number of anilines is 2. The second kappa shape index (κ2) is 6.49. The molecule has 2 aromatic rings. The molecule has 0 fully saturated rings. The number of carbonyl (C=O) groups excluding carboxylic acids is 1. The summed E-state index contributed by atoms with van der Waals surface area (Å²) < 4.78 is 27.0. The Morgan fingerprint density at radius 1 is 1.29 bits per heavy atom. The first-order valence-electron chi connectivity index (χ1n) is 6.18. The van der Waals surface area contributed by atoms with Crippen LogP contribution >= 0.6 is 11.6 Å². The number of pyridine rings is 1. The maximum Gasteiger partial charge on any atom is 0.256 e. The number of nitrogens with zero attached hydrogens (tertiary/aromatic N) is 1. The molecule has 0 radical (unpaired) electrons. The van der Waals surface area contributed by atoms with Crippen molar-refractivity contribution in [3.63, 3.8) is 0 Å². The number of aromatic nitrogens is 1. The third kappa shape index (κ3) is 3.66. The van der Waals surface area contributed by atoms with Gasteiger partial charge in [0, 0.05) is 12.1 Å². The van der Waals surface area contributed by atoms with Crippen LogP contribution in [0.3, 0.4) is 0 Å². The second-order valence-corrected chi connectivity index (χ2v) is 4.53. The van der Waals surface area contributed by atoms with Crippen molar-refractivity contribution in [1.82, 2.24) is 4.98 Å². The Balaban J connectivity index is 2.28. The van der Waals surface area contributed by atoms with E-state index < -0.39 is 23.2 Å². The first-order valence-corrected chi connectivity index (χ1v) is 6.56. The van der Waals surface area contributed by atoms with E-state index in [2.05, 4.69) is 15.6 Å². The third-order valence-electron chi connectivity index (χ3n) is 2.62. The molecule has 1 heterocycles. The van der Waals surface area contributed by atoms with E-state index in [-0.39, 0.29) is 10.7 Å². The summed E-state index contributed by atoms with van der Waals surface area (Å²) in [6.45, 7) is 2.45. The fourth-order valence-electron chi connectivity index (χ4n) is 1.70. The van der Waals surface area contributed by atoms with E-state index in [9.17, 15) is 13.6 Å². The van der Waals surface area contributed by atoms with E-state index in [0.717, 1.165) is 12.1 Å². The van der Waals surface area contributed by atoms with Gasteiger partial charge in [-0.3, -0.25) is 4.79 Å². The lowest BCUT2D eigenvalue weighted by molar-refractivity contribution is 0.102. The van der Waals surface area contributed by atoms with Crippen molar-refractivity contribution in [3.8, 4) is 0 Å². The number of hydrogen-bond acceptors (Lipinski definition) is 3. The summed E-state index contributed by atoms with van der Waals surface area (Å²) in [6.07, 6.45) is 0. The maximum absolute atomic E-state index is 13.5. The lowest BCUT2D eigenvalue weighted by Crippen LogP contribution is -2.15. The fraction of sp³-hybridized carbons (Fsp3) is 0.143. The molecule has 4 nitrogen and oxygen atoms in total. The Kier molecular flexibility index (Phi) is 4.70. The number of halogens is 3. The summed E-state index contributed by atoms with van der Waals surface area (Å²) in [6, 6.07) is 6.09. The smallest absolute Gasteiger partial charge is 0.256 e. The minimum absolute atomic E-state index is 0.104. The van der Waals surface area contributed by atoms with Crippen LogP contribution in [0, 0.1) is 11.6 Å². The van der Waals surface area contributed by atoms with Crippen molar-refractivity contribution in [3.05, 3.63) is 52.7 Å². The summed E-state index contributed by atoms with van der Waals surface area (Å²) in [4.78, 5) is 16.0. The lowest BCUT2D eigenvalue weighted by Gasteiger charge is -2.09. The highest BCUT2D eigenvalue weighted by Crippen LogP contribution is 2.20. The Bertz CT molecular complexity index is 659. The number of hydrogen-bond donors (Lipinski definition) is 2. The Morgan fingerprint density at radius 2 is 1.95 bits per heavy atom. The van der Waals surface area contributed by atoms with Gasteiger partial charge in [0.05, 0.1) is 0 Å². The molecule has 2 rings (SSSR count). The van der Waals surface area contributed by atoms with E-state index in [1.807, 2.05) is 6.92 Å². The molecule has 0 saturated heterocycles. The summed E-state index contributed by atoms with van der Waals surface area (Å²) in [5.41, 5.74) is -0.353. The van der Waals surface area contributed by atoms with Crippen molar-refractivity contribution in [2.45, 2.75) is 6.92 Å². The van der Waals surface area contributed by atoms with Crippen LogP contribution in [0.5, 0.6) is 0 Å². The molecule has 0 aliphatic heterocycles. The van der Waals surface area contributed by atoms with Gasteiger partial charge in [0.1, 0.15) is 28.3 Å². The number of benzene rings is 1. The molecule has 0 bridgehead atoms. The van der Waals surface area contributed by atoms with Gasteiger partial charge in [0.15, 0.2) is 0 Å². The summed E-state index contributed by atoms with van der Waals surface area (Å²) in [7, 11) is 0. The average molecular weight is 312 g/mol. The van der Waals surface area contributed by atoms with Crippen LogP contribution in [0.4, 0.5) is 20.3 Å². The number of rotatable bonds is 4. The molecule has 2 N–H and O–H groups in total. The minimum Gasteiger partial charge on any atom is -0.370 e. The molecule has 1 aromatic carbocycles. The standard InChI is InChI=1S/C14H12ClF2N3O/c1-2-18-12-7-8(6-11(15)19-12)14(21)20-13-9(16)4-3-5-10(13)17/h3-7H,2H2,1H3,(H,18,19)(H,20,21). The van der Waals surface area contributed by atoms with Gasteiger partial charge < -0.3 is 10.6 Å². The molecule has 1 amide bonds. The van der Waals surface area contributed by atoms with Gasteiger partial charge in [-0.05, 0) is 31.2 Å². The van der Waals surface area contributed by atoms with Gasteiger partial charge in [-0.15, -0.1) is 0 Å². The van der Waals surface area contributed by atoms with Crippen LogP contribution < -0.4 is 10.6 Å². The second-order valence-electron chi connectivity index (χ2n) is 4.14. The third-order valence-corrected chi connectivity index (χ3v) is 2.81. The van der Waals surface area contributed by atoms with Gasteiger partial charge in [-0.25, -0.2) is 13.8 Å². The van der Waals surface area contributed by atoms with Gasteiger partial charge in [-0.2, -0.15) is 0 Å². The Morgan fingerprint density at radius 3 is 2.57 bits per heavy atom. The van der Waals surface area contributed by atoms with Crippen molar-refractivity contribution < 1.29 is 13.6 Å². The monoisotopic (exact) mass is 311 g/mol. The molecular formula is C14H12ClF2N3O. The Labute approximate surface area is 125 Å². The maximum atomic E-state index is 13.5. The van der Waals surface area contributed by atoms with Crippen molar-refractivity contribution in [2.75, 3.05) is 17.2 Å². The van der Waals surface area contributed by atoms with Gasteiger partial charge >= 0.3 is 0 Å². The van der Waals surface area contributed by atoms with Crippen molar-refractivity contribution >= 4 is 29.0 Å². The fourth-order valence-corrected chi connectivity index (χ4v) is 1.91. The van der Waals surface area contributed by atoms with Gasteiger partial charge in [0.2, 0.25) is 0 Å². The number of nitrogens with one attached hydrogen (secondary N) is 2. The van der Waals surface area contributed by atoms with Crippen molar-refractivity contribution in [1.29, 1.82) is 0 Å². The van der Waals surface area contributed by atoms with Gasteiger partial charge in [-0.1, -0.05) is 17.7 Å². The molecule has 1 aromatic heterocycles. The van der Waals surface area contributed by atoms with E-state index >= 15 is 0 Å². The summed E-state index contributed by atoms with van der Waals surface area (Å²) in [5.74, 6) is -1.97. The molecule has 0 saturated carbocycles. The molecule has 0 atom stereocenters. The van der Waals surface area contributed by atoms with Crippen LogP contribution in [0.15, 0.2) is 30.3 Å².